The van der Waals surface area contributed by atoms with Crippen LogP contribution in [0, 0.1) is 34.6 Å². The van der Waals surface area contributed by atoms with Crippen molar-refractivity contribution in [3.05, 3.63) is 87.7 Å². The monoisotopic (exact) mass is 359 g/mol. The van der Waals surface area contributed by atoms with Gasteiger partial charge < -0.3 is 4.57 Å². The summed E-state index contributed by atoms with van der Waals surface area (Å²) in [6.07, 6.45) is 1.70. The van der Waals surface area contributed by atoms with Gasteiger partial charge in [0.1, 0.15) is 0 Å². The normalized spacial score (nSPS) is 11.1. The average molecular weight is 359 g/mol. The van der Waals surface area contributed by atoms with Gasteiger partial charge in [-0.05, 0) is 76.1 Å². The zero-order valence-electron chi connectivity index (χ0n) is 16.5. The maximum Gasteiger partial charge on any atom is 0.271 e. The van der Waals surface area contributed by atoms with Gasteiger partial charge in [0.05, 0.1) is 6.21 Å². The summed E-state index contributed by atoms with van der Waals surface area (Å²) in [5.74, 6) is -0.214. The molecular formula is C23H25N3O. The molecule has 3 aromatic rings. The number of hydrogen-bond acceptors (Lipinski definition) is 2. The third-order valence-electron chi connectivity index (χ3n) is 4.90. The van der Waals surface area contributed by atoms with Crippen molar-refractivity contribution in [2.24, 2.45) is 5.10 Å². The Morgan fingerprint density at radius 3 is 2.30 bits per heavy atom. The van der Waals surface area contributed by atoms with Gasteiger partial charge in [0, 0.05) is 28.2 Å². The molecule has 0 unspecified atom stereocenters. The average Bonchev–Trinajstić information content (AvgIpc) is 2.92. The van der Waals surface area contributed by atoms with Crippen molar-refractivity contribution in [2.45, 2.75) is 34.6 Å². The maximum absolute atomic E-state index is 12.2. The number of amides is 1. The first-order chi connectivity index (χ1) is 12.9. The molecule has 0 spiro atoms. The molecule has 4 heteroatoms. The highest BCUT2D eigenvalue weighted by molar-refractivity contribution is 5.95. The van der Waals surface area contributed by atoms with Gasteiger partial charge in [-0.2, -0.15) is 5.10 Å². The van der Waals surface area contributed by atoms with Crippen LogP contribution in [-0.2, 0) is 0 Å². The van der Waals surface area contributed by atoms with Gasteiger partial charge in [-0.3, -0.25) is 4.79 Å². The van der Waals surface area contributed by atoms with Crippen LogP contribution in [0.25, 0.3) is 5.69 Å². The fourth-order valence-electron chi connectivity index (χ4n) is 3.11. The largest absolute Gasteiger partial charge is 0.318 e. The minimum Gasteiger partial charge on any atom is -0.318 e. The summed E-state index contributed by atoms with van der Waals surface area (Å²) >= 11 is 0. The predicted octanol–water partition coefficient (Wildman–Crippen LogP) is 4.78. The van der Waals surface area contributed by atoms with Gasteiger partial charge in [0.25, 0.3) is 5.91 Å². The Morgan fingerprint density at radius 2 is 1.63 bits per heavy atom. The van der Waals surface area contributed by atoms with Gasteiger partial charge in [-0.25, -0.2) is 5.43 Å². The van der Waals surface area contributed by atoms with E-state index in [1.165, 1.54) is 11.1 Å². The van der Waals surface area contributed by atoms with Crippen LogP contribution in [0.3, 0.4) is 0 Å². The smallest absolute Gasteiger partial charge is 0.271 e. The highest BCUT2D eigenvalue weighted by Crippen LogP contribution is 2.21. The third-order valence-corrected chi connectivity index (χ3v) is 4.90. The first-order valence-corrected chi connectivity index (χ1v) is 9.03. The van der Waals surface area contributed by atoms with Gasteiger partial charge in [0.15, 0.2) is 0 Å². The second kappa shape index (κ2) is 7.62. The fourth-order valence-corrected chi connectivity index (χ4v) is 3.11. The van der Waals surface area contributed by atoms with E-state index in [0.717, 1.165) is 28.2 Å². The highest BCUT2D eigenvalue weighted by Gasteiger charge is 2.10. The van der Waals surface area contributed by atoms with Gasteiger partial charge in [-0.15, -0.1) is 0 Å². The van der Waals surface area contributed by atoms with Crippen molar-refractivity contribution in [1.82, 2.24) is 9.99 Å². The summed E-state index contributed by atoms with van der Waals surface area (Å²) < 4.78 is 2.20. The molecule has 4 nitrogen and oxygen atoms in total. The number of carbonyl (C=O) groups is 1. The van der Waals surface area contributed by atoms with Crippen molar-refractivity contribution in [3.63, 3.8) is 0 Å². The molecule has 0 bridgehead atoms. The van der Waals surface area contributed by atoms with Gasteiger partial charge in [0.2, 0.25) is 0 Å². The Morgan fingerprint density at radius 1 is 0.926 bits per heavy atom. The number of carbonyl (C=O) groups excluding carboxylic acids is 1. The molecule has 27 heavy (non-hydrogen) atoms. The van der Waals surface area contributed by atoms with Crippen LogP contribution in [0.15, 0.2) is 53.6 Å². The summed E-state index contributed by atoms with van der Waals surface area (Å²) in [6, 6.07) is 16.0. The molecule has 0 saturated heterocycles. The first kappa shape index (κ1) is 18.6. The SMILES string of the molecule is Cc1ccc(C(=O)N/N=C/c2cc(C)n(-c3ccc(C)c(C)c3)c2C)cc1. The van der Waals surface area contributed by atoms with E-state index in [2.05, 4.69) is 67.1 Å². The predicted molar refractivity (Wildman–Crippen MR) is 111 cm³/mol. The van der Waals surface area contributed by atoms with Crippen LogP contribution < -0.4 is 5.43 Å². The first-order valence-electron chi connectivity index (χ1n) is 9.03. The Kier molecular flexibility index (Phi) is 5.26. The lowest BCUT2D eigenvalue weighted by Crippen LogP contribution is -2.17. The summed E-state index contributed by atoms with van der Waals surface area (Å²) in [7, 11) is 0. The molecule has 0 saturated carbocycles. The van der Waals surface area contributed by atoms with Crippen LogP contribution >= 0.6 is 0 Å². The molecule has 1 heterocycles. The number of hydrazone groups is 1. The molecule has 1 N–H and O–H groups in total. The van der Waals surface area contributed by atoms with Crippen molar-refractivity contribution < 1.29 is 4.79 Å². The molecule has 3 rings (SSSR count). The minimum atomic E-state index is -0.214. The lowest BCUT2D eigenvalue weighted by molar-refractivity contribution is 0.0955. The molecule has 0 aliphatic carbocycles. The lowest BCUT2D eigenvalue weighted by atomic mass is 10.1. The Bertz CT molecular complexity index is 1010. The van der Waals surface area contributed by atoms with Crippen molar-refractivity contribution in [1.29, 1.82) is 0 Å². The molecule has 0 radical (unpaired) electrons. The zero-order valence-corrected chi connectivity index (χ0v) is 16.5. The standard InChI is InChI=1S/C23H25N3O/c1-15-6-9-20(10-7-15)23(27)25-24-14-21-13-18(4)26(19(21)5)22-11-8-16(2)17(3)12-22/h6-14H,1-5H3,(H,25,27)/b24-14+. The van der Waals surface area contributed by atoms with Gasteiger partial charge in [-0.1, -0.05) is 23.8 Å². The van der Waals surface area contributed by atoms with E-state index in [1.807, 2.05) is 19.1 Å². The number of aromatic nitrogens is 1. The van der Waals surface area contributed by atoms with E-state index in [9.17, 15) is 4.79 Å². The number of benzene rings is 2. The Hall–Kier alpha value is -3.14. The summed E-state index contributed by atoms with van der Waals surface area (Å²) in [5, 5.41) is 4.14. The van der Waals surface area contributed by atoms with Crippen LogP contribution in [0.1, 0.15) is 44.0 Å². The number of nitrogens with zero attached hydrogens (tertiary/aromatic N) is 2. The van der Waals surface area contributed by atoms with Crippen LogP contribution in [0.2, 0.25) is 0 Å². The van der Waals surface area contributed by atoms with Crippen LogP contribution in [0.4, 0.5) is 0 Å². The van der Waals surface area contributed by atoms with E-state index in [-0.39, 0.29) is 5.91 Å². The molecule has 0 atom stereocenters. The quantitative estimate of drug-likeness (QED) is 0.529. The second-order valence-electron chi connectivity index (χ2n) is 7.00. The topological polar surface area (TPSA) is 46.4 Å². The fraction of sp³-hybridized carbons (Fsp3) is 0.217. The molecule has 2 aromatic carbocycles. The van der Waals surface area contributed by atoms with E-state index in [0.29, 0.717) is 5.56 Å². The number of nitrogens with one attached hydrogen (secondary N) is 1. The van der Waals surface area contributed by atoms with Crippen molar-refractivity contribution in [2.75, 3.05) is 0 Å². The molecule has 1 aromatic heterocycles. The molecular weight excluding hydrogens is 334 g/mol. The lowest BCUT2D eigenvalue weighted by Gasteiger charge is -2.11. The van der Waals surface area contributed by atoms with Crippen molar-refractivity contribution in [3.8, 4) is 5.69 Å². The Balaban J connectivity index is 1.79. The van der Waals surface area contributed by atoms with E-state index < -0.39 is 0 Å². The molecule has 0 aliphatic rings. The van der Waals surface area contributed by atoms with E-state index in [4.69, 9.17) is 0 Å². The summed E-state index contributed by atoms with van der Waals surface area (Å²) in [6.45, 7) is 10.4. The van der Waals surface area contributed by atoms with E-state index >= 15 is 0 Å². The summed E-state index contributed by atoms with van der Waals surface area (Å²) in [4.78, 5) is 12.2. The highest BCUT2D eigenvalue weighted by atomic mass is 16.2. The molecule has 1 amide bonds. The number of hydrogen-bond donors (Lipinski definition) is 1. The third kappa shape index (κ3) is 4.00. The molecule has 0 aliphatic heterocycles. The molecule has 138 valence electrons. The maximum atomic E-state index is 12.2. The van der Waals surface area contributed by atoms with Crippen LogP contribution in [0.5, 0.6) is 0 Å². The van der Waals surface area contributed by atoms with Crippen LogP contribution in [-0.4, -0.2) is 16.7 Å². The van der Waals surface area contributed by atoms with E-state index in [1.54, 1.807) is 18.3 Å². The zero-order chi connectivity index (χ0) is 19.6. The molecule has 0 fully saturated rings. The summed E-state index contributed by atoms with van der Waals surface area (Å²) in [5.41, 5.74) is 11.2. The van der Waals surface area contributed by atoms with Gasteiger partial charge >= 0.3 is 0 Å². The van der Waals surface area contributed by atoms with Crippen molar-refractivity contribution >= 4 is 12.1 Å². The Labute approximate surface area is 160 Å². The number of aryl methyl sites for hydroxylation is 4. The number of rotatable bonds is 4. The minimum absolute atomic E-state index is 0.214. The second-order valence-corrected chi connectivity index (χ2v) is 7.00.